The van der Waals surface area contributed by atoms with Crippen LogP contribution in [0.3, 0.4) is 0 Å². The summed E-state index contributed by atoms with van der Waals surface area (Å²) in [5.41, 5.74) is 0.343. The number of ether oxygens (including phenoxy) is 2. The largest absolute Gasteiger partial charge is 0.481 e. The number of hydrogen-bond acceptors (Lipinski definition) is 6. The van der Waals surface area contributed by atoms with Crippen molar-refractivity contribution in [1.29, 1.82) is 0 Å². The van der Waals surface area contributed by atoms with Crippen LogP contribution in [-0.4, -0.2) is 22.0 Å². The minimum absolute atomic E-state index is 0.0127. The Morgan fingerprint density at radius 2 is 2.19 bits per heavy atom. The van der Waals surface area contributed by atoms with Gasteiger partial charge in [0.25, 0.3) is 0 Å². The first-order valence-corrected chi connectivity index (χ1v) is 5.98. The van der Waals surface area contributed by atoms with Crippen molar-refractivity contribution in [2.75, 3.05) is 7.11 Å². The Morgan fingerprint density at radius 1 is 1.43 bits per heavy atom. The molecule has 0 aliphatic carbocycles. The monoisotopic (exact) mass is 293 g/mol. The van der Waals surface area contributed by atoms with Gasteiger partial charge in [-0.3, -0.25) is 0 Å². The van der Waals surface area contributed by atoms with Gasteiger partial charge in [-0.2, -0.15) is 0 Å². The fraction of sp³-hybridized carbons (Fsp3) is 0.231. The Kier molecular flexibility index (Phi) is 4.27. The summed E-state index contributed by atoms with van der Waals surface area (Å²) in [5, 5.41) is 10.9. The Bertz CT molecular complexity index is 666. The second-order valence-electron chi connectivity index (χ2n) is 4.09. The molecule has 1 atom stereocenters. The summed E-state index contributed by atoms with van der Waals surface area (Å²) < 4.78 is 23.8. The lowest BCUT2D eigenvalue weighted by atomic mass is 10.1. The minimum Gasteiger partial charge on any atom is -0.481 e. The fourth-order valence-corrected chi connectivity index (χ4v) is 1.77. The van der Waals surface area contributed by atoms with Gasteiger partial charge in [0.2, 0.25) is 11.6 Å². The third-order valence-electron chi connectivity index (χ3n) is 2.70. The van der Waals surface area contributed by atoms with E-state index in [1.807, 2.05) is 0 Å². The first-order valence-electron chi connectivity index (χ1n) is 5.98. The van der Waals surface area contributed by atoms with Gasteiger partial charge < -0.3 is 19.6 Å². The summed E-state index contributed by atoms with van der Waals surface area (Å²) in [6, 6.07) is 4.13. The first-order chi connectivity index (χ1) is 10.0. The van der Waals surface area contributed by atoms with E-state index in [1.54, 1.807) is 6.92 Å². The van der Waals surface area contributed by atoms with Gasteiger partial charge in [-0.1, -0.05) is 0 Å². The van der Waals surface area contributed by atoms with Crippen LogP contribution in [0, 0.1) is 15.9 Å². The van der Waals surface area contributed by atoms with Crippen molar-refractivity contribution in [2.24, 2.45) is 0 Å². The Balaban J connectivity index is 2.32. The quantitative estimate of drug-likeness (QED) is 0.622. The number of pyridine rings is 2. The van der Waals surface area contributed by atoms with Gasteiger partial charge in [-0.25, -0.2) is 9.37 Å². The third-order valence-corrected chi connectivity index (χ3v) is 2.70. The second kappa shape index (κ2) is 6.12. The smallest absolute Gasteiger partial charge is 0.406 e. The van der Waals surface area contributed by atoms with Gasteiger partial charge in [-0.05, 0) is 35.0 Å². The van der Waals surface area contributed by atoms with Crippen LogP contribution in [0.25, 0.3) is 0 Å². The van der Waals surface area contributed by atoms with E-state index in [-0.39, 0.29) is 11.6 Å². The molecule has 0 aliphatic heterocycles. The van der Waals surface area contributed by atoms with Gasteiger partial charge in [0, 0.05) is 0 Å². The molecule has 7 nitrogen and oxygen atoms in total. The van der Waals surface area contributed by atoms with Gasteiger partial charge in [0.05, 0.1) is 18.9 Å². The maximum absolute atomic E-state index is 13.3. The summed E-state index contributed by atoms with van der Waals surface area (Å²) in [6.45, 7) is 1.61. The number of aromatic nitrogens is 2. The molecular formula is C13H12FN3O4. The first kappa shape index (κ1) is 14.6. The number of halogens is 1. The molecule has 0 saturated carbocycles. The third kappa shape index (κ3) is 3.22. The van der Waals surface area contributed by atoms with E-state index in [0.717, 1.165) is 6.20 Å². The Labute approximate surface area is 119 Å². The molecular weight excluding hydrogens is 281 g/mol. The van der Waals surface area contributed by atoms with Crippen molar-refractivity contribution in [3.05, 3.63) is 52.1 Å². The number of nitrogens with zero attached hydrogens (tertiary/aromatic N) is 3. The molecule has 2 rings (SSSR count). The van der Waals surface area contributed by atoms with Gasteiger partial charge >= 0.3 is 5.82 Å². The topological polar surface area (TPSA) is 87.4 Å². The molecule has 110 valence electrons. The summed E-state index contributed by atoms with van der Waals surface area (Å²) in [7, 11) is 1.39. The van der Waals surface area contributed by atoms with Crippen LogP contribution < -0.4 is 9.47 Å². The SMILES string of the molecule is COc1ncc(F)cc1[C@@H](C)Oc1cccnc1[N+](=O)[O-]. The van der Waals surface area contributed by atoms with Crippen molar-refractivity contribution in [2.45, 2.75) is 13.0 Å². The van der Waals surface area contributed by atoms with Crippen LogP contribution in [0.15, 0.2) is 30.6 Å². The molecule has 0 radical (unpaired) electrons. The van der Waals surface area contributed by atoms with E-state index in [9.17, 15) is 14.5 Å². The van der Waals surface area contributed by atoms with Crippen LogP contribution in [0.1, 0.15) is 18.6 Å². The molecule has 2 aromatic heterocycles. The molecule has 0 saturated heterocycles. The Hall–Kier alpha value is -2.77. The Morgan fingerprint density at radius 3 is 2.86 bits per heavy atom. The number of nitro groups is 1. The van der Waals surface area contributed by atoms with E-state index in [2.05, 4.69) is 9.97 Å². The summed E-state index contributed by atoms with van der Waals surface area (Å²) in [4.78, 5) is 17.7. The highest BCUT2D eigenvalue weighted by Crippen LogP contribution is 2.31. The lowest BCUT2D eigenvalue weighted by molar-refractivity contribution is -0.390. The molecule has 0 fully saturated rings. The number of methoxy groups -OCH3 is 1. The molecule has 0 bridgehead atoms. The van der Waals surface area contributed by atoms with E-state index in [4.69, 9.17) is 9.47 Å². The maximum Gasteiger partial charge on any atom is 0.406 e. The maximum atomic E-state index is 13.3. The predicted octanol–water partition coefficient (Wildman–Crippen LogP) is 2.67. The molecule has 0 aliphatic rings. The highest BCUT2D eigenvalue weighted by molar-refractivity contribution is 5.39. The average molecular weight is 293 g/mol. The summed E-state index contributed by atoms with van der Waals surface area (Å²) >= 11 is 0. The molecule has 0 amide bonds. The van der Waals surface area contributed by atoms with Crippen molar-refractivity contribution in [3.8, 4) is 11.6 Å². The van der Waals surface area contributed by atoms with Crippen LogP contribution in [0.4, 0.5) is 10.2 Å². The van der Waals surface area contributed by atoms with Crippen LogP contribution >= 0.6 is 0 Å². The zero-order valence-corrected chi connectivity index (χ0v) is 11.3. The zero-order chi connectivity index (χ0) is 15.4. The molecule has 21 heavy (non-hydrogen) atoms. The molecule has 0 spiro atoms. The van der Waals surface area contributed by atoms with Crippen LogP contribution in [-0.2, 0) is 0 Å². The lowest BCUT2D eigenvalue weighted by Gasteiger charge is -2.16. The van der Waals surface area contributed by atoms with Crippen molar-refractivity contribution in [3.63, 3.8) is 0 Å². The number of hydrogen-bond donors (Lipinski definition) is 0. The number of rotatable bonds is 5. The average Bonchev–Trinajstić information content (AvgIpc) is 2.47. The van der Waals surface area contributed by atoms with Gasteiger partial charge in [-0.15, -0.1) is 0 Å². The van der Waals surface area contributed by atoms with E-state index in [0.29, 0.717) is 5.56 Å². The molecule has 0 aromatic carbocycles. The second-order valence-corrected chi connectivity index (χ2v) is 4.09. The normalized spacial score (nSPS) is 11.8. The molecule has 0 N–H and O–H groups in total. The molecule has 2 aromatic rings. The fourth-order valence-electron chi connectivity index (χ4n) is 1.77. The van der Waals surface area contributed by atoms with Gasteiger partial charge in [0.15, 0.2) is 0 Å². The minimum atomic E-state index is -0.703. The summed E-state index contributed by atoms with van der Waals surface area (Å²) in [5.74, 6) is -0.786. The van der Waals surface area contributed by atoms with Crippen LogP contribution in [0.5, 0.6) is 11.6 Å². The molecule has 0 unspecified atom stereocenters. The van der Waals surface area contributed by atoms with Gasteiger partial charge in [0.1, 0.15) is 18.1 Å². The van der Waals surface area contributed by atoms with Crippen LogP contribution in [0.2, 0.25) is 0 Å². The van der Waals surface area contributed by atoms with E-state index < -0.39 is 22.7 Å². The standard InChI is InChI=1S/C13H12FN3O4/c1-8(10-6-9(14)7-16-13(10)20-2)21-11-4-3-5-15-12(11)17(18)19/h3-8H,1-2H3/t8-/m1/s1. The van der Waals surface area contributed by atoms with E-state index in [1.165, 1.54) is 31.5 Å². The molecule has 2 heterocycles. The predicted molar refractivity (Wildman–Crippen MR) is 70.7 cm³/mol. The summed E-state index contributed by atoms with van der Waals surface area (Å²) in [6.07, 6.45) is 1.60. The highest BCUT2D eigenvalue weighted by Gasteiger charge is 2.21. The van der Waals surface area contributed by atoms with Crippen molar-refractivity contribution < 1.29 is 18.8 Å². The molecule has 8 heteroatoms. The van der Waals surface area contributed by atoms with Crippen molar-refractivity contribution >= 4 is 5.82 Å². The highest BCUT2D eigenvalue weighted by atomic mass is 19.1. The zero-order valence-electron chi connectivity index (χ0n) is 11.3. The van der Waals surface area contributed by atoms with Crippen molar-refractivity contribution in [1.82, 2.24) is 9.97 Å². The van der Waals surface area contributed by atoms with E-state index >= 15 is 0 Å². The lowest BCUT2D eigenvalue weighted by Crippen LogP contribution is -2.08.